The fourth-order valence-corrected chi connectivity index (χ4v) is 6.22. The molecule has 0 aliphatic carbocycles. The molecule has 0 N–H and O–H groups in total. The summed E-state index contributed by atoms with van der Waals surface area (Å²) in [4.78, 5) is 31.1. The third-order valence-corrected chi connectivity index (χ3v) is 7.95. The van der Waals surface area contributed by atoms with Gasteiger partial charge in [-0.1, -0.05) is 50.2 Å². The Kier molecular flexibility index (Phi) is 4.68. The number of carbonyl (C=O) groups excluding carboxylic acids is 2. The van der Waals surface area contributed by atoms with Crippen molar-refractivity contribution in [3.8, 4) is 0 Å². The lowest BCUT2D eigenvalue weighted by Gasteiger charge is -2.37. The number of piperidine rings is 1. The normalized spacial score (nSPS) is 24.9. The molecule has 2 fully saturated rings. The minimum Gasteiger partial charge on any atom is -0.347 e. The zero-order valence-electron chi connectivity index (χ0n) is 19.3. The molecule has 2 aromatic carbocycles. The van der Waals surface area contributed by atoms with E-state index in [1.807, 2.05) is 34.1 Å². The van der Waals surface area contributed by atoms with E-state index in [0.29, 0.717) is 56.8 Å². The van der Waals surface area contributed by atoms with Crippen molar-refractivity contribution in [1.29, 1.82) is 0 Å². The largest absolute Gasteiger partial charge is 0.347 e. The van der Waals surface area contributed by atoms with Gasteiger partial charge in [0.2, 0.25) is 0 Å². The number of ether oxygens (including phenoxy) is 2. The van der Waals surface area contributed by atoms with Crippen molar-refractivity contribution in [2.75, 3.05) is 26.3 Å². The van der Waals surface area contributed by atoms with E-state index >= 15 is 0 Å². The number of hydrogen-bond donors (Lipinski definition) is 0. The van der Waals surface area contributed by atoms with Crippen LogP contribution in [0.5, 0.6) is 0 Å². The van der Waals surface area contributed by atoms with Gasteiger partial charge in [-0.3, -0.25) is 9.59 Å². The van der Waals surface area contributed by atoms with Gasteiger partial charge in [-0.25, -0.2) is 0 Å². The second-order valence-electron chi connectivity index (χ2n) is 10.4. The predicted molar refractivity (Wildman–Crippen MR) is 123 cm³/mol. The first-order valence-electron chi connectivity index (χ1n) is 12.0. The lowest BCUT2D eigenvalue weighted by atomic mass is 9.77. The molecule has 4 heterocycles. The molecule has 0 saturated carbocycles. The maximum Gasteiger partial charge on any atom is 0.255 e. The van der Waals surface area contributed by atoms with Crippen molar-refractivity contribution in [3.05, 3.63) is 70.3 Å². The van der Waals surface area contributed by atoms with E-state index < -0.39 is 5.79 Å². The minimum absolute atomic E-state index is 0.0208. The Labute approximate surface area is 194 Å². The summed E-state index contributed by atoms with van der Waals surface area (Å²) in [5.74, 6) is -0.615. The van der Waals surface area contributed by atoms with Gasteiger partial charge in [0.15, 0.2) is 5.79 Å². The average molecular weight is 447 g/mol. The Morgan fingerprint density at radius 3 is 2.48 bits per heavy atom. The maximum atomic E-state index is 13.7. The smallest absolute Gasteiger partial charge is 0.255 e. The summed E-state index contributed by atoms with van der Waals surface area (Å²) < 4.78 is 11.6. The lowest BCUT2D eigenvalue weighted by molar-refractivity contribution is -0.181. The number of benzene rings is 2. The molecule has 1 unspecified atom stereocenters. The molecule has 33 heavy (non-hydrogen) atoms. The van der Waals surface area contributed by atoms with Crippen LogP contribution in [0.25, 0.3) is 0 Å². The van der Waals surface area contributed by atoms with E-state index in [0.717, 1.165) is 12.0 Å². The van der Waals surface area contributed by atoms with Gasteiger partial charge in [0.05, 0.1) is 30.4 Å². The molecule has 172 valence electrons. The van der Waals surface area contributed by atoms with E-state index in [1.165, 1.54) is 11.1 Å². The number of nitrogens with zero attached hydrogens (tertiary/aromatic N) is 2. The summed E-state index contributed by atoms with van der Waals surface area (Å²) in [6.07, 6.45) is 2.17. The molecular formula is C27H30N2O4. The molecule has 6 heteroatoms. The molecule has 0 aromatic heterocycles. The molecule has 0 bridgehead atoms. The van der Waals surface area contributed by atoms with Crippen LogP contribution < -0.4 is 0 Å². The highest BCUT2D eigenvalue weighted by atomic mass is 16.7. The van der Waals surface area contributed by atoms with Crippen LogP contribution in [0.4, 0.5) is 0 Å². The standard InChI is InChI=1S/C27H30N2O4/c1-26(2)16-22-19-7-5-8-20(24(30)28-12-10-27(11-13-28)32-14-15-33-27)23(19)25(31)29(22)17-18-6-3-4-9-21(18)26/h3-9,22H,10-17H2,1-2H3. The number of likely N-dealkylation sites (tertiary alicyclic amines) is 1. The Morgan fingerprint density at radius 1 is 1.00 bits per heavy atom. The summed E-state index contributed by atoms with van der Waals surface area (Å²) in [5.41, 5.74) is 4.54. The van der Waals surface area contributed by atoms with Crippen molar-refractivity contribution < 1.29 is 19.1 Å². The Balaban J connectivity index is 1.32. The third kappa shape index (κ3) is 3.22. The van der Waals surface area contributed by atoms with Gasteiger partial charge in [0.25, 0.3) is 11.8 Å². The maximum absolute atomic E-state index is 13.7. The van der Waals surface area contributed by atoms with Crippen LogP contribution in [0.2, 0.25) is 0 Å². The fourth-order valence-electron chi connectivity index (χ4n) is 6.22. The van der Waals surface area contributed by atoms with Crippen molar-refractivity contribution in [3.63, 3.8) is 0 Å². The first kappa shape index (κ1) is 20.9. The Bertz CT molecular complexity index is 1120. The number of fused-ring (bicyclic) bond motifs is 4. The van der Waals surface area contributed by atoms with Crippen molar-refractivity contribution in [1.82, 2.24) is 9.80 Å². The molecular weight excluding hydrogens is 416 g/mol. The van der Waals surface area contributed by atoms with Crippen LogP contribution in [0.15, 0.2) is 42.5 Å². The lowest BCUT2D eigenvalue weighted by Crippen LogP contribution is -2.47. The van der Waals surface area contributed by atoms with E-state index in [-0.39, 0.29) is 23.3 Å². The van der Waals surface area contributed by atoms with Crippen LogP contribution >= 0.6 is 0 Å². The molecule has 4 aliphatic rings. The quantitative estimate of drug-likeness (QED) is 0.663. The molecule has 2 saturated heterocycles. The zero-order chi connectivity index (χ0) is 22.8. The van der Waals surface area contributed by atoms with Gasteiger partial charge in [-0.15, -0.1) is 0 Å². The number of carbonyl (C=O) groups is 2. The topological polar surface area (TPSA) is 59.1 Å². The molecule has 4 aliphatic heterocycles. The summed E-state index contributed by atoms with van der Waals surface area (Å²) in [6.45, 7) is 7.46. The monoisotopic (exact) mass is 446 g/mol. The van der Waals surface area contributed by atoms with Crippen LogP contribution in [0.1, 0.15) is 76.6 Å². The van der Waals surface area contributed by atoms with Crippen molar-refractivity contribution in [2.24, 2.45) is 0 Å². The predicted octanol–water partition coefficient (Wildman–Crippen LogP) is 4.04. The van der Waals surface area contributed by atoms with Gasteiger partial charge in [0.1, 0.15) is 0 Å². The second-order valence-corrected chi connectivity index (χ2v) is 10.4. The highest BCUT2D eigenvalue weighted by molar-refractivity contribution is 6.10. The van der Waals surface area contributed by atoms with E-state index in [9.17, 15) is 9.59 Å². The average Bonchev–Trinajstić information content (AvgIpc) is 3.34. The van der Waals surface area contributed by atoms with E-state index in [4.69, 9.17) is 9.47 Å². The minimum atomic E-state index is -0.525. The third-order valence-electron chi connectivity index (χ3n) is 7.95. The van der Waals surface area contributed by atoms with Crippen LogP contribution in [-0.2, 0) is 21.4 Å². The molecule has 6 nitrogen and oxygen atoms in total. The summed E-state index contributed by atoms with van der Waals surface area (Å²) >= 11 is 0. The van der Waals surface area contributed by atoms with Crippen LogP contribution in [-0.4, -0.2) is 53.7 Å². The van der Waals surface area contributed by atoms with E-state index in [1.54, 1.807) is 0 Å². The number of amides is 2. The molecule has 0 radical (unpaired) electrons. The summed E-state index contributed by atoms with van der Waals surface area (Å²) in [6, 6.07) is 14.2. The van der Waals surface area contributed by atoms with Gasteiger partial charge in [-0.2, -0.15) is 0 Å². The molecule has 2 aromatic rings. The van der Waals surface area contributed by atoms with Crippen molar-refractivity contribution in [2.45, 2.75) is 56.9 Å². The molecule has 1 atom stereocenters. The highest BCUT2D eigenvalue weighted by Crippen LogP contribution is 2.47. The van der Waals surface area contributed by atoms with Crippen molar-refractivity contribution >= 4 is 11.8 Å². The second kappa shape index (κ2) is 7.40. The SMILES string of the molecule is CC1(C)CC2c3cccc(C(=O)N4CCC5(CC4)OCCO5)c3C(=O)N2Cc2ccccc21. The van der Waals surface area contributed by atoms with Gasteiger partial charge >= 0.3 is 0 Å². The fraction of sp³-hybridized carbons (Fsp3) is 0.481. The first-order chi connectivity index (χ1) is 15.9. The number of hydrogen-bond acceptors (Lipinski definition) is 4. The zero-order valence-corrected chi connectivity index (χ0v) is 19.3. The molecule has 2 amide bonds. The van der Waals surface area contributed by atoms with Crippen LogP contribution in [0.3, 0.4) is 0 Å². The molecule has 1 spiro atoms. The summed E-state index contributed by atoms with van der Waals surface area (Å²) in [5, 5.41) is 0. The molecule has 6 rings (SSSR count). The van der Waals surface area contributed by atoms with E-state index in [2.05, 4.69) is 32.0 Å². The first-order valence-corrected chi connectivity index (χ1v) is 12.0. The van der Waals surface area contributed by atoms with Gasteiger partial charge in [-0.05, 0) is 34.6 Å². The van der Waals surface area contributed by atoms with Gasteiger partial charge < -0.3 is 19.3 Å². The summed E-state index contributed by atoms with van der Waals surface area (Å²) in [7, 11) is 0. The van der Waals surface area contributed by atoms with Crippen LogP contribution in [0, 0.1) is 0 Å². The highest BCUT2D eigenvalue weighted by Gasteiger charge is 2.46. The van der Waals surface area contributed by atoms with Gasteiger partial charge in [0, 0.05) is 32.5 Å². The Morgan fingerprint density at radius 2 is 1.73 bits per heavy atom. The number of rotatable bonds is 1. The Hall–Kier alpha value is -2.70.